The molecule has 1 aromatic carbocycles. The molecule has 1 amide bonds. The van der Waals surface area contributed by atoms with Crippen molar-refractivity contribution < 1.29 is 13.9 Å². The lowest BCUT2D eigenvalue weighted by Gasteiger charge is -2.26. The number of ether oxygens (including phenoxy) is 1. The zero-order valence-electron chi connectivity index (χ0n) is 16.6. The highest BCUT2D eigenvalue weighted by Gasteiger charge is 2.19. The Balaban J connectivity index is 1.47. The fraction of sp³-hybridized carbons (Fsp3) is 0.364. The standard InChI is InChI=1S/C22H26N4O3/c1-17-8-9-21(29-17)19-16-20(26(24-19)18-6-3-2-4-7-18)22(27)23-10-5-11-25-12-14-28-15-13-25/h2-4,6-9,16H,5,10-15H2,1H3,(H,23,27). The summed E-state index contributed by atoms with van der Waals surface area (Å²) in [7, 11) is 0. The molecular weight excluding hydrogens is 368 g/mol. The first-order chi connectivity index (χ1) is 14.2. The molecule has 0 saturated carbocycles. The maximum absolute atomic E-state index is 12.9. The molecule has 7 nitrogen and oxygen atoms in total. The Morgan fingerprint density at radius 1 is 1.14 bits per heavy atom. The highest BCUT2D eigenvalue weighted by atomic mass is 16.5. The Morgan fingerprint density at radius 3 is 2.66 bits per heavy atom. The SMILES string of the molecule is Cc1ccc(-c2cc(C(=O)NCCCN3CCOCC3)n(-c3ccccc3)n2)o1. The van der Waals surface area contributed by atoms with Gasteiger partial charge >= 0.3 is 0 Å². The first-order valence-electron chi connectivity index (χ1n) is 10.0. The van der Waals surface area contributed by atoms with Gasteiger partial charge in [0.25, 0.3) is 5.91 Å². The summed E-state index contributed by atoms with van der Waals surface area (Å²) in [6.45, 7) is 6.96. The lowest BCUT2D eigenvalue weighted by Crippen LogP contribution is -2.38. The Morgan fingerprint density at radius 2 is 1.93 bits per heavy atom. The monoisotopic (exact) mass is 394 g/mol. The summed E-state index contributed by atoms with van der Waals surface area (Å²) in [4.78, 5) is 15.3. The number of aryl methyl sites for hydroxylation is 1. The van der Waals surface area contributed by atoms with Crippen LogP contribution in [0.5, 0.6) is 0 Å². The van der Waals surface area contributed by atoms with Crippen molar-refractivity contribution in [2.45, 2.75) is 13.3 Å². The number of morpholine rings is 1. The van der Waals surface area contributed by atoms with Crippen LogP contribution in [0.4, 0.5) is 0 Å². The number of rotatable bonds is 7. The summed E-state index contributed by atoms with van der Waals surface area (Å²) in [6, 6.07) is 15.2. The van der Waals surface area contributed by atoms with Gasteiger partial charge < -0.3 is 14.5 Å². The van der Waals surface area contributed by atoms with Crippen LogP contribution < -0.4 is 5.32 Å². The topological polar surface area (TPSA) is 72.5 Å². The zero-order chi connectivity index (χ0) is 20.1. The number of hydrogen-bond acceptors (Lipinski definition) is 5. The Kier molecular flexibility index (Phi) is 6.07. The highest BCUT2D eigenvalue weighted by molar-refractivity contribution is 5.94. The average molecular weight is 394 g/mol. The second-order valence-electron chi connectivity index (χ2n) is 7.14. The minimum atomic E-state index is -0.141. The number of para-hydroxylation sites is 1. The molecule has 4 rings (SSSR count). The van der Waals surface area contributed by atoms with E-state index in [1.165, 1.54) is 0 Å². The fourth-order valence-corrected chi connectivity index (χ4v) is 3.42. The first kappa shape index (κ1) is 19.4. The van der Waals surface area contributed by atoms with Crippen LogP contribution >= 0.6 is 0 Å². The average Bonchev–Trinajstić information content (AvgIpc) is 3.39. The number of carbonyl (C=O) groups is 1. The molecule has 0 unspecified atom stereocenters. The minimum Gasteiger partial charge on any atom is -0.460 e. The normalized spacial score (nSPS) is 14.8. The van der Waals surface area contributed by atoms with Gasteiger partial charge in [-0.2, -0.15) is 5.10 Å². The summed E-state index contributed by atoms with van der Waals surface area (Å²) in [5.41, 5.74) is 1.97. The number of benzene rings is 1. The number of amides is 1. The number of carbonyl (C=O) groups excluding carboxylic acids is 1. The van der Waals surface area contributed by atoms with Crippen molar-refractivity contribution in [2.75, 3.05) is 39.4 Å². The van der Waals surface area contributed by atoms with Gasteiger partial charge in [0.15, 0.2) is 5.76 Å². The van der Waals surface area contributed by atoms with Gasteiger partial charge in [0, 0.05) is 25.7 Å². The summed E-state index contributed by atoms with van der Waals surface area (Å²) in [5, 5.41) is 7.66. The van der Waals surface area contributed by atoms with Crippen LogP contribution in [-0.4, -0.2) is 60.0 Å². The Labute approximate surface area is 170 Å². The van der Waals surface area contributed by atoms with E-state index in [1.807, 2.05) is 49.4 Å². The second-order valence-corrected chi connectivity index (χ2v) is 7.14. The van der Waals surface area contributed by atoms with Crippen molar-refractivity contribution in [1.82, 2.24) is 20.0 Å². The molecule has 1 N–H and O–H groups in total. The van der Waals surface area contributed by atoms with Gasteiger partial charge in [0.1, 0.15) is 17.1 Å². The molecule has 1 aliphatic rings. The van der Waals surface area contributed by atoms with Crippen LogP contribution in [0.1, 0.15) is 22.7 Å². The number of hydrogen-bond donors (Lipinski definition) is 1. The van der Waals surface area contributed by atoms with Gasteiger partial charge in [-0.1, -0.05) is 18.2 Å². The summed E-state index contributed by atoms with van der Waals surface area (Å²) >= 11 is 0. The number of nitrogens with zero attached hydrogens (tertiary/aromatic N) is 3. The number of furan rings is 1. The van der Waals surface area contributed by atoms with E-state index >= 15 is 0 Å². The summed E-state index contributed by atoms with van der Waals surface area (Å²) in [5.74, 6) is 1.32. The van der Waals surface area contributed by atoms with E-state index in [9.17, 15) is 4.79 Å². The molecule has 7 heteroatoms. The summed E-state index contributed by atoms with van der Waals surface area (Å²) in [6.07, 6.45) is 0.898. The van der Waals surface area contributed by atoms with Crippen LogP contribution in [0.15, 0.2) is 52.9 Å². The fourth-order valence-electron chi connectivity index (χ4n) is 3.42. The maximum atomic E-state index is 12.9. The van der Waals surface area contributed by atoms with Crippen LogP contribution in [-0.2, 0) is 4.74 Å². The quantitative estimate of drug-likeness (QED) is 0.624. The van der Waals surface area contributed by atoms with E-state index in [2.05, 4.69) is 15.3 Å². The molecule has 0 aliphatic carbocycles. The first-order valence-corrected chi connectivity index (χ1v) is 10.0. The van der Waals surface area contributed by atoms with E-state index in [1.54, 1.807) is 10.7 Å². The van der Waals surface area contributed by atoms with Crippen LogP contribution in [0.25, 0.3) is 17.1 Å². The number of aromatic nitrogens is 2. The predicted octanol–water partition coefficient (Wildman–Crippen LogP) is 2.89. The van der Waals surface area contributed by atoms with Gasteiger partial charge in [-0.25, -0.2) is 4.68 Å². The molecular formula is C22H26N4O3. The molecule has 152 valence electrons. The molecule has 0 bridgehead atoms. The summed E-state index contributed by atoms with van der Waals surface area (Å²) < 4.78 is 12.7. The molecule has 29 heavy (non-hydrogen) atoms. The van der Waals surface area contributed by atoms with E-state index in [4.69, 9.17) is 9.15 Å². The molecule has 1 aliphatic heterocycles. The van der Waals surface area contributed by atoms with E-state index in [0.717, 1.165) is 50.7 Å². The van der Waals surface area contributed by atoms with Crippen molar-refractivity contribution >= 4 is 5.91 Å². The molecule has 3 aromatic rings. The molecule has 0 atom stereocenters. The van der Waals surface area contributed by atoms with Gasteiger partial charge in [-0.15, -0.1) is 0 Å². The van der Waals surface area contributed by atoms with Crippen molar-refractivity contribution in [1.29, 1.82) is 0 Å². The Bertz CT molecular complexity index is 942. The smallest absolute Gasteiger partial charge is 0.270 e. The van der Waals surface area contributed by atoms with Crippen molar-refractivity contribution in [3.05, 3.63) is 60.0 Å². The third-order valence-electron chi connectivity index (χ3n) is 4.98. The third-order valence-corrected chi connectivity index (χ3v) is 4.98. The van der Waals surface area contributed by atoms with E-state index in [-0.39, 0.29) is 5.91 Å². The van der Waals surface area contributed by atoms with Crippen LogP contribution in [0.3, 0.4) is 0 Å². The molecule has 1 fully saturated rings. The van der Waals surface area contributed by atoms with E-state index < -0.39 is 0 Å². The van der Waals surface area contributed by atoms with Gasteiger partial charge in [0.2, 0.25) is 0 Å². The molecule has 0 spiro atoms. The van der Waals surface area contributed by atoms with Gasteiger partial charge in [-0.05, 0) is 44.2 Å². The lowest BCUT2D eigenvalue weighted by atomic mass is 10.2. The predicted molar refractivity (Wildman–Crippen MR) is 110 cm³/mol. The molecule has 3 heterocycles. The zero-order valence-corrected chi connectivity index (χ0v) is 16.6. The van der Waals surface area contributed by atoms with Crippen LogP contribution in [0, 0.1) is 6.92 Å². The van der Waals surface area contributed by atoms with Gasteiger partial charge in [0.05, 0.1) is 18.9 Å². The van der Waals surface area contributed by atoms with E-state index in [0.29, 0.717) is 23.7 Å². The molecule has 1 saturated heterocycles. The maximum Gasteiger partial charge on any atom is 0.270 e. The molecule has 2 aromatic heterocycles. The van der Waals surface area contributed by atoms with Gasteiger partial charge in [-0.3, -0.25) is 9.69 Å². The van der Waals surface area contributed by atoms with Crippen molar-refractivity contribution in [3.63, 3.8) is 0 Å². The largest absolute Gasteiger partial charge is 0.460 e. The lowest BCUT2D eigenvalue weighted by molar-refractivity contribution is 0.0374. The minimum absolute atomic E-state index is 0.141. The second kappa shape index (κ2) is 9.07. The number of nitrogens with one attached hydrogen (secondary N) is 1. The molecule has 0 radical (unpaired) electrons. The van der Waals surface area contributed by atoms with Crippen LogP contribution in [0.2, 0.25) is 0 Å². The Hall–Kier alpha value is -2.90. The third kappa shape index (κ3) is 4.75. The van der Waals surface area contributed by atoms with Crippen molar-refractivity contribution in [3.8, 4) is 17.1 Å². The highest BCUT2D eigenvalue weighted by Crippen LogP contribution is 2.23. The van der Waals surface area contributed by atoms with Crippen molar-refractivity contribution in [2.24, 2.45) is 0 Å².